The van der Waals surface area contributed by atoms with Crippen LogP contribution in [0.5, 0.6) is 0 Å². The highest BCUT2D eigenvalue weighted by Crippen LogP contribution is 2.51. The molecule has 0 saturated carbocycles. The quantitative estimate of drug-likeness (QED) is 0.109. The Morgan fingerprint density at radius 1 is 0.133 bits per heavy atom. The van der Waals surface area contributed by atoms with Gasteiger partial charge in [0.2, 0.25) is 0 Å². The molecule has 0 atom stereocenters. The summed E-state index contributed by atoms with van der Waals surface area (Å²) in [4.78, 5) is 40.7. The molecule has 0 unspecified atom stereocenters. The predicted octanol–water partition coefficient (Wildman–Crippen LogP) is 39.9. The number of nitrogens with one attached hydrogen (secondary N) is 4. The number of hydrogen-bond donors (Lipinski definition) is 4. The highest BCUT2D eigenvalue weighted by Gasteiger charge is 2.34. The third-order valence-electron chi connectivity index (χ3n) is 31.1. The fourth-order valence-corrected chi connectivity index (χ4v) is 21.3. The number of rotatable bonds is 10. The van der Waals surface area contributed by atoms with Crippen molar-refractivity contribution in [2.24, 2.45) is 0 Å². The van der Waals surface area contributed by atoms with Crippen LogP contribution in [-0.2, 0) is 65.0 Å². The standard InChI is InChI=1S/C142H158N8/c1-131(2,3)93-65-87(66-94(77-93)132(4,5)6)125-111-53-49-107(143-111)123(108-50-54-112(144-108)126(88-67-95(133(7,8)9)78-96(68-88)134(10,11)12)116-58-62-120(148-116)129(119-61-57-115(125)147-119)91-73-101(139(25,26)27)81-102(74-91)140(28,29)30)85-45-41-83(42-46-85)105-39-37-38-40-106(105)84-43-47-86(48-44-84)124-109-51-55-113(145-109)127(89-69-97(135(13,14)15)79-98(70-89)136(16,17)18)117-59-63-121(149-117)130(92-75-103(141(31,32)33)82-104(76-92)142(34,35)36)122-64-60-118(150-122)128(114-56-52-110(124)146-114)90-71-99(137(19,20)21)80-100(72-90)138(22,23)24/h37-82,143,145,148,150H,1-36H3. The van der Waals surface area contributed by atoms with Crippen molar-refractivity contribution < 1.29 is 0 Å². The minimum Gasteiger partial charge on any atom is -0.354 e. The van der Waals surface area contributed by atoms with Gasteiger partial charge < -0.3 is 19.9 Å². The van der Waals surface area contributed by atoms with Gasteiger partial charge in [0.05, 0.1) is 45.6 Å². The zero-order valence-electron chi connectivity index (χ0n) is 96.3. The molecular formula is C142H158N8. The van der Waals surface area contributed by atoms with Gasteiger partial charge in [0.1, 0.15) is 0 Å². The minimum absolute atomic E-state index is 0.148. The molecular weight excluding hydrogens is 1820 g/mol. The zero-order chi connectivity index (χ0) is 108. The first-order chi connectivity index (χ1) is 69.8. The third-order valence-corrected chi connectivity index (χ3v) is 31.1. The zero-order valence-corrected chi connectivity index (χ0v) is 96.3. The van der Waals surface area contributed by atoms with Crippen molar-refractivity contribution in [2.45, 2.75) is 314 Å². The Bertz CT molecular complexity index is 7620. The van der Waals surface area contributed by atoms with Crippen molar-refractivity contribution in [3.8, 4) is 111 Å². The van der Waals surface area contributed by atoms with E-state index in [0.717, 1.165) is 201 Å². The van der Waals surface area contributed by atoms with E-state index in [4.69, 9.17) is 19.9 Å². The maximum atomic E-state index is 6.00. The van der Waals surface area contributed by atoms with Crippen molar-refractivity contribution in [3.63, 3.8) is 0 Å². The lowest BCUT2D eigenvalue weighted by Crippen LogP contribution is -2.16. The van der Waals surface area contributed by atoms with Crippen LogP contribution in [0.4, 0.5) is 0 Å². The smallest absolute Gasteiger partial charge is 0.0737 e. The van der Waals surface area contributed by atoms with Gasteiger partial charge in [-0.15, -0.1) is 0 Å². The van der Waals surface area contributed by atoms with Crippen molar-refractivity contribution in [3.05, 3.63) is 343 Å². The Morgan fingerprint density at radius 3 is 0.380 bits per heavy atom. The SMILES string of the molecule is CC(C)(C)c1cc(-c2c3nc(c(-c4cc(C(C)(C)C)cc(C(C)(C)C)c4)c4ccc([nH]4)c(-c4cc(C(C)(C)C)cc(C(C)(C)C)c4)c4nc(c(-c5ccc(-c6ccccc6-c6ccc(-c7c8nc(c(-c9cc(C(C)(C)C)cc(C(C)(C)C)c9)c9ccc([nH]9)c(-c9cc(C(C)(C)C)cc(C(C)(C)C)c9)c9nc(c(-c%10cc(C(C)(C)C)cc(C(C)(C)C)c%10)c%10ccc7[nH]%10)C=C9)C=C8)cc6)cc5)c5ccc2[nH]5)C=C4)C=C3)cc(C(C)(C)C)c1. The van der Waals surface area contributed by atoms with Crippen LogP contribution in [0.15, 0.2) is 231 Å². The summed E-state index contributed by atoms with van der Waals surface area (Å²) < 4.78 is 0. The minimum atomic E-state index is -0.165. The van der Waals surface area contributed by atoms with Crippen molar-refractivity contribution in [1.82, 2.24) is 39.9 Å². The van der Waals surface area contributed by atoms with Crippen LogP contribution in [0.1, 0.15) is 362 Å². The summed E-state index contributed by atoms with van der Waals surface area (Å²) in [5.74, 6) is 0. The first-order valence-corrected chi connectivity index (χ1v) is 54.4. The lowest BCUT2D eigenvalue weighted by molar-refractivity contribution is 0.568. The normalized spacial score (nSPS) is 13.6. The highest BCUT2D eigenvalue weighted by molar-refractivity contribution is 6.05. The number of aromatic amines is 4. The van der Waals surface area contributed by atoms with Gasteiger partial charge in [-0.1, -0.05) is 431 Å². The van der Waals surface area contributed by atoms with Gasteiger partial charge in [-0.05, 0) is 296 Å². The molecule has 150 heavy (non-hydrogen) atoms. The molecule has 0 fully saturated rings. The van der Waals surface area contributed by atoms with E-state index in [0.29, 0.717) is 0 Å². The van der Waals surface area contributed by atoms with Gasteiger partial charge >= 0.3 is 0 Å². The molecule has 16 bridgehead atoms. The highest BCUT2D eigenvalue weighted by atomic mass is 14.8. The van der Waals surface area contributed by atoms with Crippen LogP contribution in [0.25, 0.3) is 204 Å². The van der Waals surface area contributed by atoms with E-state index in [1.165, 1.54) is 66.8 Å². The largest absolute Gasteiger partial charge is 0.354 e. The number of nitrogens with zero attached hydrogens (tertiary/aromatic N) is 4. The number of H-pyrrole nitrogens is 4. The van der Waals surface area contributed by atoms with Crippen LogP contribution in [0.2, 0.25) is 0 Å². The lowest BCUT2D eigenvalue weighted by Gasteiger charge is -2.26. The lowest BCUT2D eigenvalue weighted by atomic mass is 9.78. The summed E-state index contributed by atoms with van der Waals surface area (Å²) in [5, 5.41) is 0. The molecule has 4 aliphatic heterocycles. The molecule has 15 aromatic rings. The average molecular weight is 1980 g/mol. The van der Waals surface area contributed by atoms with Gasteiger partial charge in [0, 0.05) is 88.6 Å². The molecule has 0 saturated heterocycles. The maximum Gasteiger partial charge on any atom is 0.0737 e. The molecule has 19 rings (SSSR count). The molecule has 766 valence electrons. The first-order valence-electron chi connectivity index (χ1n) is 54.4. The first kappa shape index (κ1) is 105. The monoisotopic (exact) mass is 1980 g/mol. The van der Waals surface area contributed by atoms with E-state index < -0.39 is 0 Å². The van der Waals surface area contributed by atoms with Crippen molar-refractivity contribution in [2.75, 3.05) is 0 Å². The van der Waals surface area contributed by atoms with E-state index in [9.17, 15) is 0 Å². The van der Waals surface area contributed by atoms with Crippen LogP contribution < -0.4 is 0 Å². The van der Waals surface area contributed by atoms with Crippen LogP contribution in [0.3, 0.4) is 0 Å². The number of fused-ring (bicyclic) bond motifs is 16. The summed E-state index contributed by atoms with van der Waals surface area (Å²) in [6, 6.07) is 89.2. The average Bonchev–Trinajstić information content (AvgIpc) is 1.60. The fourth-order valence-electron chi connectivity index (χ4n) is 21.3. The fraction of sp³-hybridized carbons (Fsp3) is 0.338. The summed E-state index contributed by atoms with van der Waals surface area (Å²) >= 11 is 0. The summed E-state index contributed by atoms with van der Waals surface area (Å²) in [6.45, 7) is 83.9. The van der Waals surface area contributed by atoms with Crippen LogP contribution >= 0.6 is 0 Å². The van der Waals surface area contributed by atoms with Gasteiger partial charge in [-0.2, -0.15) is 0 Å². The van der Waals surface area contributed by atoms with E-state index in [1.54, 1.807) is 0 Å². The third kappa shape index (κ3) is 20.9. The molecule has 6 aromatic heterocycles. The molecule has 0 aliphatic carbocycles. The maximum absolute atomic E-state index is 6.00. The van der Waals surface area contributed by atoms with E-state index in [-0.39, 0.29) is 65.0 Å². The second-order valence-corrected chi connectivity index (χ2v) is 55.5. The Labute approximate surface area is 894 Å². The molecule has 4 aliphatic rings. The van der Waals surface area contributed by atoms with E-state index >= 15 is 0 Å². The molecule has 0 radical (unpaired) electrons. The Hall–Kier alpha value is -13.8. The predicted molar refractivity (Wildman–Crippen MR) is 650 cm³/mol. The number of aromatic nitrogens is 8. The van der Waals surface area contributed by atoms with Gasteiger partial charge in [0.25, 0.3) is 0 Å². The molecule has 10 heterocycles. The molecule has 8 heteroatoms. The van der Waals surface area contributed by atoms with Crippen molar-refractivity contribution in [1.29, 1.82) is 0 Å². The number of benzene rings is 9. The Balaban J connectivity index is 0.828. The van der Waals surface area contributed by atoms with Gasteiger partial charge in [0.15, 0.2) is 0 Å². The molecule has 4 N–H and O–H groups in total. The van der Waals surface area contributed by atoms with Crippen LogP contribution in [-0.4, -0.2) is 39.9 Å². The second-order valence-electron chi connectivity index (χ2n) is 55.5. The second kappa shape index (κ2) is 37.1. The Morgan fingerprint density at radius 2 is 0.253 bits per heavy atom. The van der Waals surface area contributed by atoms with E-state index in [1.807, 2.05) is 0 Å². The molecule has 9 aromatic carbocycles. The topological polar surface area (TPSA) is 115 Å². The summed E-state index contributed by atoms with van der Waals surface area (Å²) in [7, 11) is 0. The Kier molecular flexibility index (Phi) is 25.9. The summed E-state index contributed by atoms with van der Waals surface area (Å²) in [6.07, 6.45) is 18.0. The molecule has 8 nitrogen and oxygen atoms in total. The molecule has 0 amide bonds. The van der Waals surface area contributed by atoms with E-state index in [2.05, 4.69) is 548 Å². The van der Waals surface area contributed by atoms with Crippen LogP contribution in [0, 0.1) is 0 Å². The molecule has 0 spiro atoms. The number of hydrogen-bond acceptors (Lipinski definition) is 4. The van der Waals surface area contributed by atoms with Gasteiger partial charge in [-0.3, -0.25) is 0 Å². The summed E-state index contributed by atoms with van der Waals surface area (Å²) in [5.41, 5.74) is 49.2. The van der Waals surface area contributed by atoms with Gasteiger partial charge in [-0.25, -0.2) is 19.9 Å². The van der Waals surface area contributed by atoms with Crippen molar-refractivity contribution >= 4 is 92.7 Å².